The van der Waals surface area contributed by atoms with Crippen LogP contribution in [0.3, 0.4) is 0 Å². The van der Waals surface area contributed by atoms with E-state index < -0.39 is 0 Å². The van der Waals surface area contributed by atoms with Crippen LogP contribution < -0.4 is 15.4 Å². The zero-order valence-corrected chi connectivity index (χ0v) is 13.9. The fourth-order valence-corrected chi connectivity index (χ4v) is 1.87. The zero-order valence-electron chi connectivity index (χ0n) is 13.9. The van der Waals surface area contributed by atoms with E-state index in [-0.39, 0.29) is 24.2 Å². The molecule has 0 aromatic heterocycles. The van der Waals surface area contributed by atoms with Gasteiger partial charge in [0.25, 0.3) is 0 Å². The first-order valence-corrected chi connectivity index (χ1v) is 7.84. The van der Waals surface area contributed by atoms with E-state index in [2.05, 4.69) is 10.6 Å². The van der Waals surface area contributed by atoms with Crippen LogP contribution in [0, 0.1) is 5.92 Å². The third-order valence-corrected chi connectivity index (χ3v) is 3.24. The molecule has 3 N–H and O–H groups in total. The molecule has 0 spiro atoms. The number of rotatable bonds is 8. The SMILES string of the molecule is CC(C)Oc1ccc(CNC(=O)NCCC(O)C(C)C)cc1. The Hall–Kier alpha value is -1.75. The molecular weight excluding hydrogens is 280 g/mol. The van der Waals surface area contributed by atoms with E-state index in [1.165, 1.54) is 0 Å². The van der Waals surface area contributed by atoms with Crippen molar-refractivity contribution in [2.45, 2.75) is 52.9 Å². The second-order valence-corrected chi connectivity index (χ2v) is 6.02. The van der Waals surface area contributed by atoms with Gasteiger partial charge in [-0.25, -0.2) is 4.79 Å². The molecular formula is C17H28N2O3. The second kappa shape index (κ2) is 9.30. The third kappa shape index (κ3) is 7.31. The molecule has 5 nitrogen and oxygen atoms in total. The largest absolute Gasteiger partial charge is 0.491 e. The summed E-state index contributed by atoms with van der Waals surface area (Å²) < 4.78 is 5.57. The number of benzene rings is 1. The molecule has 0 heterocycles. The molecule has 124 valence electrons. The van der Waals surface area contributed by atoms with Gasteiger partial charge in [0.1, 0.15) is 5.75 Å². The number of amides is 2. The van der Waals surface area contributed by atoms with Gasteiger partial charge in [-0.05, 0) is 43.9 Å². The zero-order chi connectivity index (χ0) is 16.5. The number of aliphatic hydroxyl groups excluding tert-OH is 1. The van der Waals surface area contributed by atoms with Crippen LogP contribution in [0.1, 0.15) is 39.7 Å². The number of carbonyl (C=O) groups excluding carboxylic acids is 1. The number of urea groups is 1. The highest BCUT2D eigenvalue weighted by atomic mass is 16.5. The second-order valence-electron chi connectivity index (χ2n) is 6.02. The van der Waals surface area contributed by atoms with Crippen LogP contribution in [0.25, 0.3) is 0 Å². The van der Waals surface area contributed by atoms with Gasteiger partial charge in [0.05, 0.1) is 12.2 Å². The summed E-state index contributed by atoms with van der Waals surface area (Å²) in [7, 11) is 0. The van der Waals surface area contributed by atoms with Crippen LogP contribution in [-0.2, 0) is 6.54 Å². The average Bonchev–Trinajstić information content (AvgIpc) is 2.45. The normalized spacial score (nSPS) is 12.3. The standard InChI is InChI=1S/C17H28N2O3/c1-12(2)16(20)9-10-18-17(21)19-11-14-5-7-15(8-6-14)22-13(3)4/h5-8,12-13,16,20H,9-11H2,1-4H3,(H2,18,19,21). The first-order valence-electron chi connectivity index (χ1n) is 7.84. The fraction of sp³-hybridized carbons (Fsp3) is 0.588. The smallest absolute Gasteiger partial charge is 0.315 e. The summed E-state index contributed by atoms with van der Waals surface area (Å²) in [6.07, 6.45) is 0.330. The summed E-state index contributed by atoms with van der Waals surface area (Å²) in [5.41, 5.74) is 1.01. The fourth-order valence-electron chi connectivity index (χ4n) is 1.87. The Morgan fingerprint density at radius 3 is 2.32 bits per heavy atom. The number of hydrogen-bond donors (Lipinski definition) is 3. The van der Waals surface area contributed by atoms with Crippen molar-refractivity contribution in [1.29, 1.82) is 0 Å². The maximum Gasteiger partial charge on any atom is 0.315 e. The molecule has 0 aliphatic rings. The lowest BCUT2D eigenvalue weighted by molar-refractivity contribution is 0.116. The maximum atomic E-state index is 11.7. The predicted octanol–water partition coefficient (Wildman–Crippen LogP) is 2.68. The highest BCUT2D eigenvalue weighted by Gasteiger charge is 2.09. The summed E-state index contributed by atoms with van der Waals surface area (Å²) in [5.74, 6) is 1.03. The monoisotopic (exact) mass is 308 g/mol. The van der Waals surface area contributed by atoms with Gasteiger partial charge in [0.2, 0.25) is 0 Å². The molecule has 2 amide bonds. The minimum atomic E-state index is -0.381. The predicted molar refractivity (Wildman–Crippen MR) is 87.9 cm³/mol. The van der Waals surface area contributed by atoms with Crippen LogP contribution in [0.15, 0.2) is 24.3 Å². The molecule has 22 heavy (non-hydrogen) atoms. The lowest BCUT2D eigenvalue weighted by Gasteiger charge is -2.15. The highest BCUT2D eigenvalue weighted by molar-refractivity contribution is 5.73. The van der Waals surface area contributed by atoms with Crippen molar-refractivity contribution in [1.82, 2.24) is 10.6 Å². The van der Waals surface area contributed by atoms with Crippen LogP contribution in [0.2, 0.25) is 0 Å². The lowest BCUT2D eigenvalue weighted by atomic mass is 10.0. The van der Waals surface area contributed by atoms with Crippen molar-refractivity contribution >= 4 is 6.03 Å². The number of hydrogen-bond acceptors (Lipinski definition) is 3. The molecule has 1 rings (SSSR count). The summed E-state index contributed by atoms with van der Waals surface area (Å²) in [6, 6.07) is 7.43. The van der Waals surface area contributed by atoms with E-state index in [1.807, 2.05) is 52.0 Å². The van der Waals surface area contributed by atoms with Gasteiger partial charge in [0.15, 0.2) is 0 Å². The molecule has 0 saturated heterocycles. The molecule has 0 aliphatic carbocycles. The van der Waals surface area contributed by atoms with Gasteiger partial charge >= 0.3 is 6.03 Å². The van der Waals surface area contributed by atoms with Gasteiger partial charge in [-0.1, -0.05) is 26.0 Å². The quantitative estimate of drug-likeness (QED) is 0.691. The van der Waals surface area contributed by atoms with Crippen molar-refractivity contribution in [2.24, 2.45) is 5.92 Å². The number of carbonyl (C=O) groups is 1. The van der Waals surface area contributed by atoms with E-state index in [1.54, 1.807) is 0 Å². The molecule has 1 unspecified atom stereocenters. The van der Waals surface area contributed by atoms with Crippen molar-refractivity contribution in [3.8, 4) is 5.75 Å². The van der Waals surface area contributed by atoms with E-state index >= 15 is 0 Å². The lowest BCUT2D eigenvalue weighted by Crippen LogP contribution is -2.37. The van der Waals surface area contributed by atoms with Crippen molar-refractivity contribution in [2.75, 3.05) is 6.54 Å². The van der Waals surface area contributed by atoms with E-state index in [9.17, 15) is 9.90 Å². The molecule has 1 aromatic carbocycles. The number of aliphatic hydroxyl groups is 1. The molecule has 0 saturated carbocycles. The number of nitrogens with one attached hydrogen (secondary N) is 2. The highest BCUT2D eigenvalue weighted by Crippen LogP contribution is 2.13. The minimum absolute atomic E-state index is 0.149. The summed E-state index contributed by atoms with van der Waals surface area (Å²) >= 11 is 0. The summed E-state index contributed by atoms with van der Waals surface area (Å²) in [5, 5.41) is 15.2. The van der Waals surface area contributed by atoms with Crippen LogP contribution in [-0.4, -0.2) is 29.9 Å². The maximum absolute atomic E-state index is 11.7. The first kappa shape index (κ1) is 18.3. The molecule has 5 heteroatoms. The Balaban J connectivity index is 2.26. The summed E-state index contributed by atoms with van der Waals surface area (Å²) in [6.45, 7) is 8.80. The minimum Gasteiger partial charge on any atom is -0.491 e. The van der Waals surface area contributed by atoms with Gasteiger partial charge in [-0.2, -0.15) is 0 Å². The Labute approximate surface area is 133 Å². The molecule has 1 aromatic rings. The molecule has 0 fully saturated rings. The van der Waals surface area contributed by atoms with E-state index in [0.29, 0.717) is 19.5 Å². The van der Waals surface area contributed by atoms with Crippen molar-refractivity contribution < 1.29 is 14.6 Å². The molecule has 0 radical (unpaired) electrons. The van der Waals surface area contributed by atoms with Crippen molar-refractivity contribution in [3.05, 3.63) is 29.8 Å². The van der Waals surface area contributed by atoms with Gasteiger partial charge in [0, 0.05) is 13.1 Å². The summed E-state index contributed by atoms with van der Waals surface area (Å²) in [4.78, 5) is 11.7. The number of ether oxygens (including phenoxy) is 1. The Bertz CT molecular complexity index is 444. The topological polar surface area (TPSA) is 70.6 Å². The van der Waals surface area contributed by atoms with Gasteiger partial charge in [-0.15, -0.1) is 0 Å². The average molecular weight is 308 g/mol. The molecule has 0 bridgehead atoms. The Morgan fingerprint density at radius 1 is 1.14 bits per heavy atom. The molecule has 0 aliphatic heterocycles. The Kier molecular flexibility index (Phi) is 7.74. The van der Waals surface area contributed by atoms with E-state index in [0.717, 1.165) is 11.3 Å². The van der Waals surface area contributed by atoms with Crippen LogP contribution in [0.5, 0.6) is 5.75 Å². The van der Waals surface area contributed by atoms with Crippen molar-refractivity contribution in [3.63, 3.8) is 0 Å². The third-order valence-electron chi connectivity index (χ3n) is 3.24. The van der Waals surface area contributed by atoms with Gasteiger partial charge < -0.3 is 20.5 Å². The van der Waals surface area contributed by atoms with E-state index in [4.69, 9.17) is 4.74 Å². The van der Waals surface area contributed by atoms with Gasteiger partial charge in [-0.3, -0.25) is 0 Å². The van der Waals surface area contributed by atoms with Crippen LogP contribution in [0.4, 0.5) is 4.79 Å². The molecule has 1 atom stereocenters. The first-order chi connectivity index (χ1) is 10.4. The Morgan fingerprint density at radius 2 is 1.77 bits per heavy atom. The van der Waals surface area contributed by atoms with Crippen LogP contribution >= 0.6 is 0 Å².